The van der Waals surface area contributed by atoms with Gasteiger partial charge < -0.3 is 9.88 Å². The lowest BCUT2D eigenvalue weighted by Gasteiger charge is -2.08. The van der Waals surface area contributed by atoms with Gasteiger partial charge in [0.1, 0.15) is 5.82 Å². The molecular weight excluding hydrogens is 368 g/mol. The van der Waals surface area contributed by atoms with E-state index in [1.165, 1.54) is 17.3 Å². The lowest BCUT2D eigenvalue weighted by molar-refractivity contribution is -0.118. The first kappa shape index (κ1) is 18.7. The van der Waals surface area contributed by atoms with E-state index in [-0.39, 0.29) is 5.91 Å². The number of aromatic nitrogens is 3. The van der Waals surface area contributed by atoms with E-state index >= 15 is 0 Å². The summed E-state index contributed by atoms with van der Waals surface area (Å²) >= 11 is 1.46. The van der Waals surface area contributed by atoms with Gasteiger partial charge in [-0.3, -0.25) is 4.79 Å². The second-order valence-electron chi connectivity index (χ2n) is 7.00. The number of carbonyl (C=O) groups excluding carboxylic acids is 1. The minimum absolute atomic E-state index is 0.00893. The van der Waals surface area contributed by atoms with Crippen molar-refractivity contribution in [3.05, 3.63) is 77.6 Å². The molecule has 1 saturated carbocycles. The third kappa shape index (κ3) is 4.28. The molecule has 1 aliphatic rings. The zero-order valence-corrected chi connectivity index (χ0v) is 16.7. The minimum atomic E-state index is 0.00893. The summed E-state index contributed by atoms with van der Waals surface area (Å²) in [6, 6.07) is 20.5. The van der Waals surface area contributed by atoms with Gasteiger partial charge in [-0.1, -0.05) is 72.4 Å². The third-order valence-electron chi connectivity index (χ3n) is 5.08. The molecule has 1 heterocycles. The van der Waals surface area contributed by atoms with Crippen LogP contribution in [-0.4, -0.2) is 26.4 Å². The topological polar surface area (TPSA) is 59.8 Å². The first-order valence-corrected chi connectivity index (χ1v) is 10.7. The summed E-state index contributed by atoms with van der Waals surface area (Å²) in [6.07, 6.45) is 1.12. The van der Waals surface area contributed by atoms with Crippen LogP contribution in [0.4, 0.5) is 0 Å². The molecule has 1 fully saturated rings. The molecule has 1 N–H and O–H groups in total. The fourth-order valence-corrected chi connectivity index (χ4v) is 4.34. The van der Waals surface area contributed by atoms with Crippen molar-refractivity contribution < 1.29 is 4.79 Å². The van der Waals surface area contributed by atoms with Crippen molar-refractivity contribution in [3.63, 3.8) is 0 Å². The number of nitrogens with one attached hydrogen (secondary N) is 1. The second-order valence-corrected chi connectivity index (χ2v) is 7.94. The first-order chi connectivity index (χ1) is 13.8. The van der Waals surface area contributed by atoms with Gasteiger partial charge in [0.25, 0.3) is 0 Å². The maximum Gasteiger partial charge on any atom is 0.230 e. The number of amides is 1. The Bertz CT molecular complexity index is 926. The van der Waals surface area contributed by atoms with E-state index in [1.54, 1.807) is 0 Å². The van der Waals surface area contributed by atoms with Crippen molar-refractivity contribution in [2.75, 3.05) is 5.75 Å². The quantitative estimate of drug-likeness (QED) is 0.589. The SMILES string of the molecule is CCn1c(SCC(=O)NCc2ccccc2)nnc1C1CC1c1ccccc1. The van der Waals surface area contributed by atoms with E-state index in [4.69, 9.17) is 0 Å². The molecular formula is C22H24N4OS. The van der Waals surface area contributed by atoms with Gasteiger partial charge in [-0.05, 0) is 30.4 Å². The maximum absolute atomic E-state index is 12.2. The van der Waals surface area contributed by atoms with Crippen LogP contribution in [0.1, 0.15) is 42.1 Å². The van der Waals surface area contributed by atoms with Gasteiger partial charge in [0.05, 0.1) is 5.75 Å². The monoisotopic (exact) mass is 392 g/mol. The van der Waals surface area contributed by atoms with Crippen LogP contribution in [0.5, 0.6) is 0 Å². The molecule has 1 aliphatic carbocycles. The van der Waals surface area contributed by atoms with E-state index in [1.807, 2.05) is 36.4 Å². The number of rotatable bonds is 8. The van der Waals surface area contributed by atoms with Crippen LogP contribution in [0.15, 0.2) is 65.8 Å². The number of nitrogens with zero attached hydrogens (tertiary/aromatic N) is 3. The summed E-state index contributed by atoms with van der Waals surface area (Å²) < 4.78 is 2.16. The average Bonchev–Trinajstić information content (AvgIpc) is 3.44. The van der Waals surface area contributed by atoms with Gasteiger partial charge in [0.2, 0.25) is 5.91 Å². The summed E-state index contributed by atoms with van der Waals surface area (Å²) in [5.74, 6) is 2.36. The Morgan fingerprint density at radius 1 is 1.07 bits per heavy atom. The van der Waals surface area contributed by atoms with Crippen LogP contribution in [0.3, 0.4) is 0 Å². The predicted octanol–water partition coefficient (Wildman–Crippen LogP) is 3.98. The van der Waals surface area contributed by atoms with Crippen molar-refractivity contribution in [1.29, 1.82) is 0 Å². The first-order valence-electron chi connectivity index (χ1n) is 9.67. The molecule has 0 bridgehead atoms. The second kappa shape index (κ2) is 8.61. The van der Waals surface area contributed by atoms with Gasteiger partial charge in [-0.2, -0.15) is 0 Å². The third-order valence-corrected chi connectivity index (χ3v) is 6.04. The van der Waals surface area contributed by atoms with E-state index < -0.39 is 0 Å². The van der Waals surface area contributed by atoms with Crippen LogP contribution >= 0.6 is 11.8 Å². The van der Waals surface area contributed by atoms with Crippen molar-refractivity contribution >= 4 is 17.7 Å². The van der Waals surface area contributed by atoms with Crippen LogP contribution in [0.2, 0.25) is 0 Å². The number of carbonyl (C=O) groups is 1. The smallest absolute Gasteiger partial charge is 0.230 e. The lowest BCUT2D eigenvalue weighted by atomic mass is 10.1. The summed E-state index contributed by atoms with van der Waals surface area (Å²) in [6.45, 7) is 3.47. The minimum Gasteiger partial charge on any atom is -0.351 e. The highest BCUT2D eigenvalue weighted by Crippen LogP contribution is 2.54. The van der Waals surface area contributed by atoms with Crippen molar-refractivity contribution in [3.8, 4) is 0 Å². The highest BCUT2D eigenvalue weighted by atomic mass is 32.2. The van der Waals surface area contributed by atoms with Gasteiger partial charge in [0, 0.05) is 19.0 Å². The Hall–Kier alpha value is -2.60. The van der Waals surface area contributed by atoms with Crippen LogP contribution in [0, 0.1) is 0 Å². The molecule has 0 spiro atoms. The largest absolute Gasteiger partial charge is 0.351 e. The summed E-state index contributed by atoms with van der Waals surface area (Å²) in [4.78, 5) is 12.2. The number of benzene rings is 2. The molecule has 144 valence electrons. The molecule has 0 aliphatic heterocycles. The molecule has 5 nitrogen and oxygen atoms in total. The standard InChI is InChI=1S/C22H24N4OS/c1-2-26-21(19-13-18(19)17-11-7-4-8-12-17)24-25-22(26)28-15-20(27)23-14-16-9-5-3-6-10-16/h3-12,18-19H,2,13-15H2,1H3,(H,23,27). The number of thioether (sulfide) groups is 1. The Balaban J connectivity index is 1.34. The van der Waals surface area contributed by atoms with Gasteiger partial charge in [-0.25, -0.2) is 0 Å². The van der Waals surface area contributed by atoms with E-state index in [0.717, 1.165) is 29.5 Å². The van der Waals surface area contributed by atoms with Crippen molar-refractivity contribution in [1.82, 2.24) is 20.1 Å². The Labute approximate surface area is 169 Å². The molecule has 0 saturated heterocycles. The molecule has 3 aromatic rings. The summed E-state index contributed by atoms with van der Waals surface area (Å²) in [7, 11) is 0. The molecule has 0 radical (unpaired) electrons. The van der Waals surface area contributed by atoms with Crippen molar-refractivity contribution in [2.45, 2.75) is 43.4 Å². The molecule has 28 heavy (non-hydrogen) atoms. The van der Waals surface area contributed by atoms with E-state index in [0.29, 0.717) is 24.1 Å². The number of hydrogen-bond donors (Lipinski definition) is 1. The predicted molar refractivity (Wildman–Crippen MR) is 111 cm³/mol. The molecule has 2 aromatic carbocycles. The average molecular weight is 393 g/mol. The normalized spacial score (nSPS) is 18.0. The van der Waals surface area contributed by atoms with Gasteiger partial charge in [0.15, 0.2) is 5.16 Å². The van der Waals surface area contributed by atoms with Gasteiger partial charge >= 0.3 is 0 Å². The fourth-order valence-electron chi connectivity index (χ4n) is 3.50. The molecule has 4 rings (SSSR count). The molecule has 1 amide bonds. The Morgan fingerprint density at radius 2 is 1.79 bits per heavy atom. The molecule has 2 atom stereocenters. The van der Waals surface area contributed by atoms with Crippen LogP contribution in [0.25, 0.3) is 0 Å². The zero-order valence-electron chi connectivity index (χ0n) is 15.9. The Morgan fingerprint density at radius 3 is 2.50 bits per heavy atom. The zero-order chi connectivity index (χ0) is 19.3. The molecule has 2 unspecified atom stereocenters. The highest BCUT2D eigenvalue weighted by molar-refractivity contribution is 7.99. The lowest BCUT2D eigenvalue weighted by Crippen LogP contribution is -2.24. The number of hydrogen-bond acceptors (Lipinski definition) is 4. The molecule has 1 aromatic heterocycles. The fraction of sp³-hybridized carbons (Fsp3) is 0.318. The highest BCUT2D eigenvalue weighted by Gasteiger charge is 2.43. The van der Waals surface area contributed by atoms with E-state index in [2.05, 4.69) is 51.3 Å². The van der Waals surface area contributed by atoms with E-state index in [9.17, 15) is 4.79 Å². The maximum atomic E-state index is 12.2. The summed E-state index contributed by atoms with van der Waals surface area (Å²) in [5.41, 5.74) is 2.47. The summed E-state index contributed by atoms with van der Waals surface area (Å²) in [5, 5.41) is 12.6. The van der Waals surface area contributed by atoms with Crippen molar-refractivity contribution in [2.24, 2.45) is 0 Å². The molecule has 6 heteroatoms. The Kier molecular flexibility index (Phi) is 5.76. The van der Waals surface area contributed by atoms with Crippen LogP contribution in [-0.2, 0) is 17.9 Å². The van der Waals surface area contributed by atoms with Gasteiger partial charge in [-0.15, -0.1) is 10.2 Å². The van der Waals surface area contributed by atoms with Crippen LogP contribution < -0.4 is 5.32 Å².